The van der Waals surface area contributed by atoms with Crippen molar-refractivity contribution in [2.45, 2.75) is 37.5 Å². The summed E-state index contributed by atoms with van der Waals surface area (Å²) in [7, 11) is 0. The van der Waals surface area contributed by atoms with Crippen molar-refractivity contribution in [2.75, 3.05) is 0 Å². The van der Waals surface area contributed by atoms with Gasteiger partial charge in [0.05, 0.1) is 0 Å². The Morgan fingerprint density at radius 3 is 2.29 bits per heavy atom. The first-order valence-corrected chi connectivity index (χ1v) is 6.49. The van der Waals surface area contributed by atoms with Crippen molar-refractivity contribution in [3.8, 4) is 0 Å². The van der Waals surface area contributed by atoms with Crippen molar-refractivity contribution >= 4 is 23.8 Å². The van der Waals surface area contributed by atoms with E-state index in [4.69, 9.17) is 0 Å². The van der Waals surface area contributed by atoms with Crippen LogP contribution < -0.4 is 0 Å². The van der Waals surface area contributed by atoms with Gasteiger partial charge in [-0.1, -0.05) is 32.0 Å². The summed E-state index contributed by atoms with van der Waals surface area (Å²) in [6, 6.07) is 7.91. The number of rotatable bonds is 3. The van der Waals surface area contributed by atoms with E-state index < -0.39 is 0 Å². The molecule has 0 aromatic heterocycles. The summed E-state index contributed by atoms with van der Waals surface area (Å²) in [6.07, 6.45) is 0.686. The van der Waals surface area contributed by atoms with Gasteiger partial charge >= 0.3 is 0 Å². The zero-order valence-corrected chi connectivity index (χ0v) is 10.8. The first-order valence-electron chi connectivity index (χ1n) is 5.72. The van der Waals surface area contributed by atoms with Crippen LogP contribution in [0, 0.1) is 0 Å². The molecule has 0 N–H and O–H groups in total. The highest BCUT2D eigenvalue weighted by Crippen LogP contribution is 2.33. The molecular weight excluding hydrogens is 234 g/mol. The molecule has 0 saturated carbocycles. The molecule has 90 valence electrons. The molecule has 17 heavy (non-hydrogen) atoms. The average Bonchev–Trinajstić information content (AvgIpc) is 2.61. The molecule has 1 saturated heterocycles. The maximum absolute atomic E-state index is 11.6. The van der Waals surface area contributed by atoms with Gasteiger partial charge in [0.1, 0.15) is 0 Å². The normalized spacial score (nSPS) is 16.1. The molecule has 1 heterocycles. The van der Waals surface area contributed by atoms with Crippen LogP contribution in [0.3, 0.4) is 0 Å². The summed E-state index contributed by atoms with van der Waals surface area (Å²) in [5, 5.41) is 0. The monoisotopic (exact) mass is 249 g/mol. The third kappa shape index (κ3) is 2.52. The standard InChI is InChI=1S/C13H15NO2S/c1-9(2)10-5-3-4-6-11(10)17-14-12(15)7-8-13(14)16/h3-6,9H,7-8H2,1-2H3. The number of benzene rings is 1. The van der Waals surface area contributed by atoms with Crippen molar-refractivity contribution < 1.29 is 9.59 Å². The smallest absolute Gasteiger partial charge is 0.240 e. The molecule has 2 amide bonds. The van der Waals surface area contributed by atoms with Gasteiger partial charge in [0.25, 0.3) is 0 Å². The Bertz CT molecular complexity index is 440. The van der Waals surface area contributed by atoms with Crippen LogP contribution in [-0.2, 0) is 9.59 Å². The molecule has 1 aliphatic rings. The summed E-state index contributed by atoms with van der Waals surface area (Å²) < 4.78 is 1.29. The van der Waals surface area contributed by atoms with Crippen LogP contribution in [0.5, 0.6) is 0 Å². The first kappa shape index (κ1) is 12.2. The fraction of sp³-hybridized carbons (Fsp3) is 0.385. The number of carbonyl (C=O) groups excluding carboxylic acids is 2. The summed E-state index contributed by atoms with van der Waals surface area (Å²) in [5.74, 6) is 0.212. The topological polar surface area (TPSA) is 37.4 Å². The number of amides is 2. The van der Waals surface area contributed by atoms with Gasteiger partial charge < -0.3 is 0 Å². The number of hydrogen-bond acceptors (Lipinski definition) is 3. The maximum Gasteiger partial charge on any atom is 0.240 e. The van der Waals surface area contributed by atoms with Gasteiger partial charge in [-0.2, -0.15) is 0 Å². The van der Waals surface area contributed by atoms with Crippen molar-refractivity contribution in [3.63, 3.8) is 0 Å². The van der Waals surface area contributed by atoms with Crippen LogP contribution >= 0.6 is 11.9 Å². The number of hydrogen-bond donors (Lipinski definition) is 0. The van der Waals surface area contributed by atoms with Gasteiger partial charge in [0.2, 0.25) is 11.8 Å². The van der Waals surface area contributed by atoms with Gasteiger partial charge in [-0.3, -0.25) is 9.59 Å². The highest BCUT2D eigenvalue weighted by molar-refractivity contribution is 7.98. The van der Waals surface area contributed by atoms with Crippen molar-refractivity contribution in [1.82, 2.24) is 4.31 Å². The Kier molecular flexibility index (Phi) is 3.52. The summed E-state index contributed by atoms with van der Waals surface area (Å²) in [6.45, 7) is 4.21. The van der Waals surface area contributed by atoms with Crippen LogP contribution in [0.1, 0.15) is 38.2 Å². The molecule has 0 unspecified atom stereocenters. The van der Waals surface area contributed by atoms with E-state index in [9.17, 15) is 9.59 Å². The van der Waals surface area contributed by atoms with E-state index in [1.807, 2.05) is 24.3 Å². The van der Waals surface area contributed by atoms with Crippen LogP contribution in [-0.4, -0.2) is 16.1 Å². The summed E-state index contributed by atoms with van der Waals surface area (Å²) >= 11 is 1.26. The minimum Gasteiger partial charge on any atom is -0.273 e. The molecule has 2 rings (SSSR count). The van der Waals surface area contributed by atoms with Crippen LogP contribution in [0.15, 0.2) is 29.2 Å². The molecule has 1 aliphatic heterocycles. The first-order chi connectivity index (χ1) is 8.09. The molecule has 0 bridgehead atoms. The van der Waals surface area contributed by atoms with E-state index in [-0.39, 0.29) is 11.8 Å². The lowest BCUT2D eigenvalue weighted by molar-refractivity contribution is -0.131. The predicted octanol–water partition coefficient (Wildman–Crippen LogP) is 2.97. The lowest BCUT2D eigenvalue weighted by atomic mass is 10.0. The van der Waals surface area contributed by atoms with E-state index in [1.54, 1.807) is 0 Å². The van der Waals surface area contributed by atoms with Crippen LogP contribution in [0.25, 0.3) is 0 Å². The van der Waals surface area contributed by atoms with Crippen LogP contribution in [0.2, 0.25) is 0 Å². The van der Waals surface area contributed by atoms with E-state index in [0.29, 0.717) is 18.8 Å². The largest absolute Gasteiger partial charge is 0.273 e. The lowest BCUT2D eigenvalue weighted by Crippen LogP contribution is -2.21. The Morgan fingerprint density at radius 1 is 1.12 bits per heavy atom. The number of nitrogens with zero attached hydrogens (tertiary/aromatic N) is 1. The fourth-order valence-corrected chi connectivity index (χ4v) is 2.93. The van der Waals surface area contributed by atoms with Crippen LogP contribution in [0.4, 0.5) is 0 Å². The van der Waals surface area contributed by atoms with Gasteiger partial charge in [-0.25, -0.2) is 4.31 Å². The van der Waals surface area contributed by atoms with E-state index in [0.717, 1.165) is 4.90 Å². The van der Waals surface area contributed by atoms with E-state index >= 15 is 0 Å². The molecule has 3 nitrogen and oxygen atoms in total. The highest BCUT2D eigenvalue weighted by atomic mass is 32.2. The summed E-state index contributed by atoms with van der Waals surface area (Å²) in [4.78, 5) is 24.1. The zero-order chi connectivity index (χ0) is 12.4. The molecular formula is C13H15NO2S. The molecule has 0 aliphatic carbocycles. The second-order valence-electron chi connectivity index (χ2n) is 4.37. The molecule has 4 heteroatoms. The van der Waals surface area contributed by atoms with Gasteiger partial charge in [0.15, 0.2) is 0 Å². The molecule has 0 spiro atoms. The fourth-order valence-electron chi connectivity index (χ4n) is 1.80. The second-order valence-corrected chi connectivity index (χ2v) is 5.35. The van der Waals surface area contributed by atoms with Crippen molar-refractivity contribution in [1.29, 1.82) is 0 Å². The highest BCUT2D eigenvalue weighted by Gasteiger charge is 2.30. The van der Waals surface area contributed by atoms with Gasteiger partial charge in [-0.15, -0.1) is 0 Å². The Labute approximate surface area is 105 Å². The van der Waals surface area contributed by atoms with Crippen molar-refractivity contribution in [2.24, 2.45) is 0 Å². The average molecular weight is 249 g/mol. The third-order valence-electron chi connectivity index (χ3n) is 2.74. The molecule has 0 atom stereocenters. The zero-order valence-electron chi connectivity index (χ0n) is 9.97. The minimum absolute atomic E-state index is 0.0847. The van der Waals surface area contributed by atoms with Crippen molar-refractivity contribution in [3.05, 3.63) is 29.8 Å². The Balaban J connectivity index is 2.24. The van der Waals surface area contributed by atoms with Gasteiger partial charge in [0, 0.05) is 17.7 Å². The minimum atomic E-state index is -0.0847. The van der Waals surface area contributed by atoms with E-state index in [2.05, 4.69) is 13.8 Å². The molecule has 1 aromatic rings. The number of carbonyl (C=O) groups is 2. The number of imide groups is 1. The Hall–Kier alpha value is -1.29. The lowest BCUT2D eigenvalue weighted by Gasteiger charge is -2.16. The SMILES string of the molecule is CC(C)c1ccccc1SN1C(=O)CCC1=O. The summed E-state index contributed by atoms with van der Waals surface area (Å²) in [5.41, 5.74) is 1.17. The van der Waals surface area contributed by atoms with Gasteiger partial charge in [-0.05, 0) is 29.5 Å². The molecule has 1 fully saturated rings. The third-order valence-corrected chi connectivity index (χ3v) is 3.89. The maximum atomic E-state index is 11.6. The van der Waals surface area contributed by atoms with E-state index in [1.165, 1.54) is 21.8 Å². The Morgan fingerprint density at radius 2 is 1.71 bits per heavy atom. The predicted molar refractivity (Wildman–Crippen MR) is 67.5 cm³/mol. The molecule has 0 radical (unpaired) electrons. The quantitative estimate of drug-likeness (QED) is 0.610. The molecule has 1 aromatic carbocycles. The second kappa shape index (κ2) is 4.92.